The van der Waals surface area contributed by atoms with Crippen molar-refractivity contribution in [2.75, 3.05) is 12.8 Å². The molecule has 1 aromatic heterocycles. The first-order chi connectivity index (χ1) is 8.20. The molecule has 0 saturated carbocycles. The van der Waals surface area contributed by atoms with Crippen LogP contribution in [0, 0.1) is 0 Å². The fourth-order valence-electron chi connectivity index (χ4n) is 1.28. The van der Waals surface area contributed by atoms with Crippen LogP contribution >= 0.6 is 11.8 Å². The molecular weight excluding hydrogens is 238 g/mol. The van der Waals surface area contributed by atoms with E-state index >= 15 is 0 Å². The smallest absolute Gasteiger partial charge is 0.260 e. The van der Waals surface area contributed by atoms with Gasteiger partial charge in [-0.3, -0.25) is 4.79 Å². The van der Waals surface area contributed by atoms with Crippen LogP contribution in [-0.2, 0) is 0 Å². The molecule has 0 fully saturated rings. The second kappa shape index (κ2) is 4.92. The maximum absolute atomic E-state index is 11.4. The van der Waals surface area contributed by atoms with Crippen molar-refractivity contribution in [1.29, 1.82) is 0 Å². The third kappa shape index (κ3) is 2.59. The third-order valence-electron chi connectivity index (χ3n) is 2.11. The molecule has 5 nitrogen and oxygen atoms in total. The van der Waals surface area contributed by atoms with Crippen molar-refractivity contribution in [2.45, 2.75) is 10.1 Å². The van der Waals surface area contributed by atoms with Gasteiger partial charge in [0.15, 0.2) is 0 Å². The second-order valence-electron chi connectivity index (χ2n) is 3.23. The highest BCUT2D eigenvalue weighted by Crippen LogP contribution is 2.31. The van der Waals surface area contributed by atoms with E-state index in [-0.39, 0.29) is 5.91 Å². The number of hydrogen-bond donors (Lipinski definition) is 2. The zero-order valence-corrected chi connectivity index (χ0v) is 9.95. The minimum Gasteiger partial charge on any atom is -0.440 e. The fourth-order valence-corrected chi connectivity index (χ4v) is 2.00. The van der Waals surface area contributed by atoms with Gasteiger partial charge in [0.05, 0.1) is 6.20 Å². The zero-order valence-electron chi connectivity index (χ0n) is 9.14. The van der Waals surface area contributed by atoms with Crippen LogP contribution in [0.2, 0.25) is 0 Å². The maximum atomic E-state index is 11.4. The summed E-state index contributed by atoms with van der Waals surface area (Å²) in [4.78, 5) is 16.2. The van der Waals surface area contributed by atoms with Crippen molar-refractivity contribution in [3.05, 3.63) is 36.2 Å². The van der Waals surface area contributed by atoms with Gasteiger partial charge in [0.2, 0.25) is 0 Å². The molecule has 0 spiro atoms. The van der Waals surface area contributed by atoms with Gasteiger partial charge in [0.1, 0.15) is 6.26 Å². The Kier molecular flexibility index (Phi) is 3.34. The van der Waals surface area contributed by atoms with E-state index in [2.05, 4.69) is 10.3 Å². The minimum atomic E-state index is -0.163. The van der Waals surface area contributed by atoms with Gasteiger partial charge < -0.3 is 15.5 Å². The summed E-state index contributed by atoms with van der Waals surface area (Å²) in [5, 5.41) is 3.06. The first-order valence-corrected chi connectivity index (χ1v) is 5.71. The van der Waals surface area contributed by atoms with E-state index in [9.17, 15) is 4.79 Å². The largest absolute Gasteiger partial charge is 0.440 e. The van der Waals surface area contributed by atoms with E-state index in [0.29, 0.717) is 16.5 Å². The van der Waals surface area contributed by atoms with Crippen molar-refractivity contribution in [3.63, 3.8) is 0 Å². The Hall–Kier alpha value is -1.95. The molecule has 0 aliphatic carbocycles. The highest BCUT2D eigenvalue weighted by atomic mass is 32.2. The number of oxazole rings is 1. The Balaban J connectivity index is 2.23. The Bertz CT molecular complexity index is 526. The second-order valence-corrected chi connectivity index (χ2v) is 4.22. The molecule has 6 heteroatoms. The van der Waals surface area contributed by atoms with Crippen LogP contribution in [0.15, 0.2) is 45.2 Å². The van der Waals surface area contributed by atoms with Crippen LogP contribution in [0.1, 0.15) is 10.4 Å². The molecule has 17 heavy (non-hydrogen) atoms. The number of nitrogens with zero attached hydrogens (tertiary/aromatic N) is 1. The predicted molar refractivity (Wildman–Crippen MR) is 64.9 cm³/mol. The number of hydrogen-bond acceptors (Lipinski definition) is 5. The molecule has 0 aliphatic heterocycles. The topological polar surface area (TPSA) is 81.2 Å². The van der Waals surface area contributed by atoms with E-state index < -0.39 is 0 Å². The Labute approximate surface area is 102 Å². The summed E-state index contributed by atoms with van der Waals surface area (Å²) >= 11 is 1.31. The summed E-state index contributed by atoms with van der Waals surface area (Å²) in [7, 11) is 1.58. The molecule has 0 bridgehead atoms. The molecule has 88 valence electrons. The fraction of sp³-hybridized carbons (Fsp3) is 0.0909. The van der Waals surface area contributed by atoms with Crippen molar-refractivity contribution >= 4 is 23.4 Å². The van der Waals surface area contributed by atoms with Gasteiger partial charge in [-0.05, 0) is 30.0 Å². The minimum absolute atomic E-state index is 0.163. The Morgan fingerprint density at radius 1 is 1.53 bits per heavy atom. The van der Waals surface area contributed by atoms with E-state index in [1.54, 1.807) is 31.4 Å². The average molecular weight is 249 g/mol. The van der Waals surface area contributed by atoms with Gasteiger partial charge in [-0.2, -0.15) is 0 Å². The summed E-state index contributed by atoms with van der Waals surface area (Å²) < 4.78 is 5.11. The van der Waals surface area contributed by atoms with Crippen molar-refractivity contribution in [1.82, 2.24) is 10.3 Å². The summed E-state index contributed by atoms with van der Waals surface area (Å²) in [6.45, 7) is 0. The number of benzene rings is 1. The number of nitrogens with two attached hydrogens (primary N) is 1. The van der Waals surface area contributed by atoms with Crippen LogP contribution in [-0.4, -0.2) is 17.9 Å². The highest BCUT2D eigenvalue weighted by molar-refractivity contribution is 7.99. The molecule has 3 N–H and O–H groups in total. The first kappa shape index (κ1) is 11.5. The molecule has 2 aromatic rings. The zero-order chi connectivity index (χ0) is 12.3. The molecule has 0 atom stereocenters. The number of amides is 1. The number of nitrogens with one attached hydrogen (secondary N) is 1. The van der Waals surface area contributed by atoms with Gasteiger partial charge in [-0.1, -0.05) is 0 Å². The van der Waals surface area contributed by atoms with Gasteiger partial charge in [0, 0.05) is 23.2 Å². The molecule has 0 aliphatic rings. The number of nitrogen functional groups attached to an aromatic ring is 1. The molecule has 0 radical (unpaired) electrons. The van der Waals surface area contributed by atoms with E-state index in [0.717, 1.165) is 4.90 Å². The molecule has 1 heterocycles. The Morgan fingerprint density at radius 3 is 2.94 bits per heavy atom. The number of rotatable bonds is 3. The van der Waals surface area contributed by atoms with E-state index in [4.69, 9.17) is 10.2 Å². The summed E-state index contributed by atoms with van der Waals surface area (Å²) in [5.41, 5.74) is 6.91. The standard InChI is InChI=1S/C11H11N3O2S/c1-13-10(15)7-2-3-9(8(12)6-7)17-11-14-4-5-16-11/h2-6H,12H2,1H3,(H,13,15). The third-order valence-corrected chi connectivity index (χ3v) is 3.07. The predicted octanol–water partition coefficient (Wildman–Crippen LogP) is 1.77. The number of aromatic nitrogens is 1. The number of carbonyl (C=O) groups excluding carboxylic acids is 1. The molecule has 0 unspecified atom stereocenters. The van der Waals surface area contributed by atoms with Crippen LogP contribution < -0.4 is 11.1 Å². The molecule has 2 rings (SSSR count). The molecule has 0 saturated heterocycles. The lowest BCUT2D eigenvalue weighted by Crippen LogP contribution is -2.17. The number of anilines is 1. The van der Waals surface area contributed by atoms with Crippen LogP contribution in [0.4, 0.5) is 5.69 Å². The van der Waals surface area contributed by atoms with Crippen LogP contribution in [0.5, 0.6) is 0 Å². The van der Waals surface area contributed by atoms with E-state index in [1.165, 1.54) is 18.0 Å². The highest BCUT2D eigenvalue weighted by Gasteiger charge is 2.09. The van der Waals surface area contributed by atoms with Gasteiger partial charge >= 0.3 is 0 Å². The maximum Gasteiger partial charge on any atom is 0.260 e. The van der Waals surface area contributed by atoms with Crippen LogP contribution in [0.3, 0.4) is 0 Å². The van der Waals surface area contributed by atoms with E-state index in [1.807, 2.05) is 0 Å². The Morgan fingerprint density at radius 2 is 2.35 bits per heavy atom. The monoisotopic (exact) mass is 249 g/mol. The summed E-state index contributed by atoms with van der Waals surface area (Å²) in [6, 6.07) is 5.11. The van der Waals surface area contributed by atoms with Gasteiger partial charge in [-0.25, -0.2) is 4.98 Å². The lowest BCUT2D eigenvalue weighted by atomic mass is 10.2. The molecule has 1 aromatic carbocycles. The first-order valence-electron chi connectivity index (χ1n) is 4.89. The van der Waals surface area contributed by atoms with Crippen LogP contribution in [0.25, 0.3) is 0 Å². The van der Waals surface area contributed by atoms with Crippen molar-refractivity contribution in [2.24, 2.45) is 0 Å². The lowest BCUT2D eigenvalue weighted by Gasteiger charge is -2.05. The summed E-state index contributed by atoms with van der Waals surface area (Å²) in [5.74, 6) is -0.163. The average Bonchev–Trinajstić information content (AvgIpc) is 2.83. The van der Waals surface area contributed by atoms with Gasteiger partial charge in [-0.15, -0.1) is 0 Å². The van der Waals surface area contributed by atoms with Crippen molar-refractivity contribution in [3.8, 4) is 0 Å². The normalized spacial score (nSPS) is 10.2. The summed E-state index contributed by atoms with van der Waals surface area (Å²) in [6.07, 6.45) is 3.06. The lowest BCUT2D eigenvalue weighted by molar-refractivity contribution is 0.0963. The molecular formula is C11H11N3O2S. The van der Waals surface area contributed by atoms with Gasteiger partial charge in [0.25, 0.3) is 11.1 Å². The number of carbonyl (C=O) groups is 1. The van der Waals surface area contributed by atoms with Crippen molar-refractivity contribution < 1.29 is 9.21 Å². The molecule has 1 amide bonds. The quantitative estimate of drug-likeness (QED) is 0.810. The SMILES string of the molecule is CNC(=O)c1ccc(Sc2ncco2)c(N)c1.